The molecule has 0 aromatic carbocycles. The molecule has 2 fully saturated rings. The van der Waals surface area contributed by atoms with Crippen molar-refractivity contribution in [1.29, 1.82) is 0 Å². The standard InChI is InChI=1S/C19H38N4O/c1-15(2)12-17-6-7-23(14-17)19(20-5)21-13-18(16(3)4)22-8-10-24-11-9-22/h15-18H,6-14H2,1-5H3,(H,20,21). The molecule has 0 aromatic heterocycles. The zero-order chi connectivity index (χ0) is 17.5. The van der Waals surface area contributed by atoms with Gasteiger partial charge in [0.25, 0.3) is 0 Å². The van der Waals surface area contributed by atoms with E-state index in [1.807, 2.05) is 7.05 Å². The lowest BCUT2D eigenvalue weighted by atomic mass is 9.97. The van der Waals surface area contributed by atoms with Gasteiger partial charge in [0.2, 0.25) is 0 Å². The molecule has 0 radical (unpaired) electrons. The van der Waals surface area contributed by atoms with E-state index in [-0.39, 0.29) is 0 Å². The van der Waals surface area contributed by atoms with Crippen molar-refractivity contribution >= 4 is 5.96 Å². The second kappa shape index (κ2) is 9.62. The Hall–Kier alpha value is -0.810. The van der Waals surface area contributed by atoms with Gasteiger partial charge in [0.1, 0.15) is 0 Å². The molecule has 2 aliphatic rings. The number of hydrogen-bond acceptors (Lipinski definition) is 3. The third-order valence-corrected chi connectivity index (χ3v) is 5.36. The highest BCUT2D eigenvalue weighted by Crippen LogP contribution is 2.23. The highest BCUT2D eigenvalue weighted by atomic mass is 16.5. The highest BCUT2D eigenvalue weighted by molar-refractivity contribution is 5.80. The van der Waals surface area contributed by atoms with Crippen LogP contribution in [-0.4, -0.2) is 74.8 Å². The molecule has 0 aromatic rings. The van der Waals surface area contributed by atoms with Gasteiger partial charge in [-0.1, -0.05) is 27.7 Å². The van der Waals surface area contributed by atoms with Crippen LogP contribution in [0, 0.1) is 17.8 Å². The SMILES string of the molecule is CN=C(NCC(C(C)C)N1CCOCC1)N1CCC(CC(C)C)C1. The van der Waals surface area contributed by atoms with E-state index in [1.165, 1.54) is 12.8 Å². The van der Waals surface area contributed by atoms with Gasteiger partial charge in [0.15, 0.2) is 5.96 Å². The fraction of sp³-hybridized carbons (Fsp3) is 0.947. The van der Waals surface area contributed by atoms with Crippen LogP contribution in [-0.2, 0) is 4.74 Å². The maximum absolute atomic E-state index is 5.51. The number of guanidine groups is 1. The first kappa shape index (κ1) is 19.5. The molecule has 0 spiro atoms. The Bertz CT molecular complexity index is 391. The summed E-state index contributed by atoms with van der Waals surface area (Å²) in [6, 6.07) is 0.541. The summed E-state index contributed by atoms with van der Waals surface area (Å²) in [4.78, 5) is 9.57. The molecule has 5 nitrogen and oxygen atoms in total. The van der Waals surface area contributed by atoms with Gasteiger partial charge in [-0.2, -0.15) is 0 Å². The zero-order valence-corrected chi connectivity index (χ0v) is 16.4. The quantitative estimate of drug-likeness (QED) is 0.596. The average Bonchev–Trinajstić information content (AvgIpc) is 2.99. The summed E-state index contributed by atoms with van der Waals surface area (Å²) in [5.74, 6) is 3.32. The molecule has 0 aliphatic carbocycles. The minimum absolute atomic E-state index is 0.541. The molecule has 0 saturated carbocycles. The molecule has 1 N–H and O–H groups in total. The average molecular weight is 339 g/mol. The summed E-state index contributed by atoms with van der Waals surface area (Å²) >= 11 is 0. The number of morpholine rings is 1. The maximum atomic E-state index is 5.51. The molecule has 2 unspecified atom stereocenters. The van der Waals surface area contributed by atoms with Crippen LogP contribution >= 0.6 is 0 Å². The molecule has 140 valence electrons. The predicted molar refractivity (Wildman–Crippen MR) is 102 cm³/mol. The summed E-state index contributed by atoms with van der Waals surface area (Å²) in [5, 5.41) is 3.66. The molecule has 24 heavy (non-hydrogen) atoms. The molecule has 2 saturated heterocycles. The summed E-state index contributed by atoms with van der Waals surface area (Å²) in [6.07, 6.45) is 2.63. The molecule has 5 heteroatoms. The van der Waals surface area contributed by atoms with Crippen molar-refractivity contribution < 1.29 is 4.74 Å². The molecular formula is C19H38N4O. The smallest absolute Gasteiger partial charge is 0.193 e. The van der Waals surface area contributed by atoms with Crippen LogP contribution in [0.25, 0.3) is 0 Å². The number of hydrogen-bond donors (Lipinski definition) is 1. The normalized spacial score (nSPS) is 24.9. The lowest BCUT2D eigenvalue weighted by molar-refractivity contribution is 0.00742. The Morgan fingerprint density at radius 2 is 1.88 bits per heavy atom. The summed E-state index contributed by atoms with van der Waals surface area (Å²) in [7, 11) is 1.91. The predicted octanol–water partition coefficient (Wildman–Crippen LogP) is 2.29. The number of aliphatic imine (C=N–C) groups is 1. The fourth-order valence-electron chi connectivity index (χ4n) is 4.11. The third-order valence-electron chi connectivity index (χ3n) is 5.36. The largest absolute Gasteiger partial charge is 0.379 e. The van der Waals surface area contributed by atoms with Crippen molar-refractivity contribution in [3.63, 3.8) is 0 Å². The number of nitrogens with one attached hydrogen (secondary N) is 1. The lowest BCUT2D eigenvalue weighted by Gasteiger charge is -2.37. The number of nitrogens with zero attached hydrogens (tertiary/aromatic N) is 3. The molecule has 0 bridgehead atoms. The first-order valence-corrected chi connectivity index (χ1v) is 9.78. The van der Waals surface area contributed by atoms with E-state index in [0.717, 1.165) is 63.7 Å². The van der Waals surface area contributed by atoms with Gasteiger partial charge in [-0.15, -0.1) is 0 Å². The van der Waals surface area contributed by atoms with Gasteiger partial charge in [0, 0.05) is 45.8 Å². The van der Waals surface area contributed by atoms with Crippen LogP contribution in [0.1, 0.15) is 40.5 Å². The van der Waals surface area contributed by atoms with E-state index in [4.69, 9.17) is 4.74 Å². The first-order chi connectivity index (χ1) is 11.5. The second-order valence-corrected chi connectivity index (χ2v) is 8.12. The fourth-order valence-corrected chi connectivity index (χ4v) is 4.11. The Labute approximate surface area is 148 Å². The van der Waals surface area contributed by atoms with Gasteiger partial charge in [-0.05, 0) is 30.6 Å². The molecular weight excluding hydrogens is 300 g/mol. The minimum Gasteiger partial charge on any atom is -0.379 e. The van der Waals surface area contributed by atoms with Gasteiger partial charge >= 0.3 is 0 Å². The molecule has 2 heterocycles. The van der Waals surface area contributed by atoms with E-state index >= 15 is 0 Å². The van der Waals surface area contributed by atoms with Crippen LogP contribution in [0.2, 0.25) is 0 Å². The van der Waals surface area contributed by atoms with E-state index in [2.05, 4.69) is 47.8 Å². The van der Waals surface area contributed by atoms with Crippen molar-refractivity contribution in [2.45, 2.75) is 46.6 Å². The Morgan fingerprint density at radius 3 is 2.46 bits per heavy atom. The van der Waals surface area contributed by atoms with Crippen LogP contribution < -0.4 is 5.32 Å². The summed E-state index contributed by atoms with van der Waals surface area (Å²) in [6.45, 7) is 16.4. The second-order valence-electron chi connectivity index (χ2n) is 8.12. The van der Waals surface area contributed by atoms with Gasteiger partial charge in [-0.25, -0.2) is 0 Å². The van der Waals surface area contributed by atoms with Gasteiger partial charge in [-0.3, -0.25) is 9.89 Å². The van der Waals surface area contributed by atoms with E-state index in [1.54, 1.807) is 0 Å². The molecule has 2 aliphatic heterocycles. The monoisotopic (exact) mass is 338 g/mol. The number of rotatable bonds is 6. The number of ether oxygens (including phenoxy) is 1. The Morgan fingerprint density at radius 1 is 1.17 bits per heavy atom. The topological polar surface area (TPSA) is 40.1 Å². The van der Waals surface area contributed by atoms with Crippen molar-refractivity contribution in [3.8, 4) is 0 Å². The van der Waals surface area contributed by atoms with Gasteiger partial charge < -0.3 is 15.0 Å². The van der Waals surface area contributed by atoms with Crippen molar-refractivity contribution in [2.75, 3.05) is 53.0 Å². The summed E-state index contributed by atoms with van der Waals surface area (Å²) in [5.41, 5.74) is 0. The van der Waals surface area contributed by atoms with Crippen LogP contribution in [0.15, 0.2) is 4.99 Å². The van der Waals surface area contributed by atoms with E-state index in [0.29, 0.717) is 12.0 Å². The zero-order valence-electron chi connectivity index (χ0n) is 16.4. The number of likely N-dealkylation sites (tertiary alicyclic amines) is 1. The first-order valence-electron chi connectivity index (χ1n) is 9.78. The lowest BCUT2D eigenvalue weighted by Crippen LogP contribution is -2.53. The Kier molecular flexibility index (Phi) is 7.82. The molecule has 2 atom stereocenters. The van der Waals surface area contributed by atoms with Crippen LogP contribution in [0.3, 0.4) is 0 Å². The summed E-state index contributed by atoms with van der Waals surface area (Å²) < 4.78 is 5.51. The van der Waals surface area contributed by atoms with E-state index < -0.39 is 0 Å². The van der Waals surface area contributed by atoms with Crippen molar-refractivity contribution in [1.82, 2.24) is 15.1 Å². The van der Waals surface area contributed by atoms with E-state index in [9.17, 15) is 0 Å². The minimum atomic E-state index is 0.541. The molecule has 2 rings (SSSR count). The third kappa shape index (κ3) is 5.62. The van der Waals surface area contributed by atoms with Gasteiger partial charge in [0.05, 0.1) is 13.2 Å². The Balaban J connectivity index is 1.85. The maximum Gasteiger partial charge on any atom is 0.193 e. The molecule has 0 amide bonds. The highest BCUT2D eigenvalue weighted by Gasteiger charge is 2.27. The van der Waals surface area contributed by atoms with Crippen LogP contribution in [0.5, 0.6) is 0 Å². The van der Waals surface area contributed by atoms with Crippen LogP contribution in [0.4, 0.5) is 0 Å². The van der Waals surface area contributed by atoms with Crippen molar-refractivity contribution in [2.24, 2.45) is 22.7 Å². The van der Waals surface area contributed by atoms with Crippen molar-refractivity contribution in [3.05, 3.63) is 0 Å².